The Morgan fingerprint density at radius 1 is 1.00 bits per heavy atom. The summed E-state index contributed by atoms with van der Waals surface area (Å²) in [5.74, 6) is 0.554. The van der Waals surface area contributed by atoms with Gasteiger partial charge < -0.3 is 0 Å². The first-order valence-electron chi connectivity index (χ1n) is 5.63. The van der Waals surface area contributed by atoms with Crippen molar-refractivity contribution in [3.05, 3.63) is 0 Å². The number of hydrogen-bond donors (Lipinski definition) is 4. The zero-order valence-electron chi connectivity index (χ0n) is 10.1. The van der Waals surface area contributed by atoms with Gasteiger partial charge in [-0.25, -0.2) is 0 Å². The van der Waals surface area contributed by atoms with E-state index < -0.39 is 0 Å². The first-order chi connectivity index (χ1) is 8.52. The molecule has 18 heavy (non-hydrogen) atoms. The van der Waals surface area contributed by atoms with Gasteiger partial charge in [0.25, 0.3) is 0 Å². The van der Waals surface area contributed by atoms with Crippen LogP contribution in [0, 0.1) is 5.92 Å². The van der Waals surface area contributed by atoms with Gasteiger partial charge in [0.2, 0.25) is 0 Å². The number of hydrogen-bond acceptors (Lipinski definition) is 8. The van der Waals surface area contributed by atoms with Crippen LogP contribution in [-0.4, -0.2) is 34.9 Å². The fourth-order valence-electron chi connectivity index (χ4n) is 1.50. The van der Waals surface area contributed by atoms with E-state index in [1.807, 2.05) is 47.0 Å². The van der Waals surface area contributed by atoms with Crippen LogP contribution in [0.25, 0.3) is 0 Å². The van der Waals surface area contributed by atoms with Crippen LogP contribution >= 0.6 is 97.6 Å². The second kappa shape index (κ2) is 10.5. The zero-order chi connectivity index (χ0) is 13.5. The molecule has 1 aliphatic carbocycles. The summed E-state index contributed by atoms with van der Waals surface area (Å²) in [4.78, 5) is 0. The van der Waals surface area contributed by atoms with Crippen molar-refractivity contribution in [2.45, 2.75) is 33.0 Å². The third-order valence-electron chi connectivity index (χ3n) is 2.58. The minimum Gasteiger partial charge on any atom is -0.175 e. The third kappa shape index (κ3) is 7.18. The third-order valence-corrected chi connectivity index (χ3v) is 9.82. The minimum absolute atomic E-state index is 0.382. The van der Waals surface area contributed by atoms with E-state index in [0.717, 1.165) is 21.7 Å². The van der Waals surface area contributed by atoms with Gasteiger partial charge >= 0.3 is 0 Å². The lowest BCUT2D eigenvalue weighted by Crippen LogP contribution is -2.43. The standard InChI is InChI=1S/C10H20S8/c1-6(11)17-4-15-3-16-5-18-10(14)9-7(12)2-8(9)13/h6-14H,2-5H2,1H3. The number of thiol groups is 4. The predicted molar refractivity (Wildman–Crippen MR) is 110 cm³/mol. The van der Waals surface area contributed by atoms with Crippen LogP contribution < -0.4 is 0 Å². The molecule has 0 amide bonds. The summed E-state index contributed by atoms with van der Waals surface area (Å²) < 4.78 is 0.824. The molecule has 0 radical (unpaired) electrons. The summed E-state index contributed by atoms with van der Waals surface area (Å²) >= 11 is 25.9. The summed E-state index contributed by atoms with van der Waals surface area (Å²) in [7, 11) is 0. The lowest BCUT2D eigenvalue weighted by atomic mass is 9.85. The van der Waals surface area contributed by atoms with Crippen molar-refractivity contribution in [3.8, 4) is 0 Å². The molecule has 0 heterocycles. The van der Waals surface area contributed by atoms with E-state index in [0.29, 0.717) is 25.6 Å². The number of thioether (sulfide) groups is 4. The maximum Gasteiger partial charge on any atom is 0.0529 e. The molecule has 1 saturated carbocycles. The molecule has 8 heteroatoms. The van der Waals surface area contributed by atoms with Crippen LogP contribution in [0.5, 0.6) is 0 Å². The number of rotatable bonds is 9. The Hall–Kier alpha value is 2.80. The van der Waals surface area contributed by atoms with E-state index in [4.69, 9.17) is 0 Å². The van der Waals surface area contributed by atoms with Crippen LogP contribution in [0.4, 0.5) is 0 Å². The lowest BCUT2D eigenvalue weighted by molar-refractivity contribution is 0.379. The molecule has 0 N–H and O–H groups in total. The molecule has 0 aliphatic heterocycles. The Morgan fingerprint density at radius 3 is 2.06 bits per heavy atom. The molecular weight excluding hydrogens is 377 g/mol. The molecule has 1 aliphatic rings. The summed E-state index contributed by atoms with van der Waals surface area (Å²) in [6, 6.07) is 0. The first kappa shape index (κ1) is 18.8. The van der Waals surface area contributed by atoms with Crippen LogP contribution in [0.15, 0.2) is 0 Å². The Labute approximate surface area is 150 Å². The van der Waals surface area contributed by atoms with Gasteiger partial charge in [-0.3, -0.25) is 0 Å². The molecule has 0 aromatic rings. The summed E-state index contributed by atoms with van der Waals surface area (Å²) in [5.41, 5.74) is 0. The average molecular weight is 397 g/mol. The average Bonchev–Trinajstić information content (AvgIpc) is 2.26. The fraction of sp³-hybridized carbons (Fsp3) is 1.00. The maximum absolute atomic E-state index is 4.68. The summed E-state index contributed by atoms with van der Waals surface area (Å²) in [6.45, 7) is 2.11. The Bertz CT molecular complexity index is 216. The normalized spacial score (nSPS) is 30.8. The van der Waals surface area contributed by atoms with Crippen LogP contribution in [0.3, 0.4) is 0 Å². The van der Waals surface area contributed by atoms with Crippen molar-refractivity contribution in [1.82, 2.24) is 0 Å². The van der Waals surface area contributed by atoms with Gasteiger partial charge in [0.05, 0.1) is 4.58 Å². The van der Waals surface area contributed by atoms with Crippen molar-refractivity contribution >= 4 is 97.6 Å². The van der Waals surface area contributed by atoms with Crippen molar-refractivity contribution in [3.63, 3.8) is 0 Å². The second-order valence-corrected chi connectivity index (χ2v) is 12.9. The van der Waals surface area contributed by atoms with E-state index in [1.54, 1.807) is 0 Å². The monoisotopic (exact) mass is 396 g/mol. The largest absolute Gasteiger partial charge is 0.175 e. The first-order valence-corrected chi connectivity index (χ1v) is 12.1. The Kier molecular flexibility index (Phi) is 11.0. The van der Waals surface area contributed by atoms with Crippen molar-refractivity contribution < 1.29 is 0 Å². The quantitative estimate of drug-likeness (QED) is 0.247. The highest BCUT2D eigenvalue weighted by Crippen LogP contribution is 2.44. The lowest BCUT2D eigenvalue weighted by Gasteiger charge is -2.42. The fourth-order valence-corrected chi connectivity index (χ4v) is 9.99. The van der Waals surface area contributed by atoms with Crippen LogP contribution in [0.2, 0.25) is 0 Å². The molecule has 1 rings (SSSR count). The van der Waals surface area contributed by atoms with Crippen molar-refractivity contribution in [2.75, 3.05) is 15.3 Å². The van der Waals surface area contributed by atoms with Gasteiger partial charge in [0.1, 0.15) is 0 Å². The van der Waals surface area contributed by atoms with Crippen molar-refractivity contribution in [2.24, 2.45) is 5.92 Å². The van der Waals surface area contributed by atoms with E-state index >= 15 is 0 Å². The molecule has 0 bridgehead atoms. The maximum atomic E-state index is 4.68. The van der Waals surface area contributed by atoms with Crippen LogP contribution in [-0.2, 0) is 0 Å². The molecule has 0 aromatic heterocycles. The van der Waals surface area contributed by atoms with Gasteiger partial charge in [-0.05, 0) is 13.3 Å². The highest BCUT2D eigenvalue weighted by atomic mass is 32.3. The van der Waals surface area contributed by atoms with Crippen molar-refractivity contribution in [1.29, 1.82) is 0 Å². The van der Waals surface area contributed by atoms with Gasteiger partial charge in [-0.2, -0.15) is 50.5 Å². The molecule has 0 nitrogen and oxygen atoms in total. The highest BCUT2D eigenvalue weighted by molar-refractivity contribution is 8.28. The molecule has 0 saturated heterocycles. The van der Waals surface area contributed by atoms with Gasteiger partial charge in [-0.1, -0.05) is 0 Å². The molecule has 1 fully saturated rings. The van der Waals surface area contributed by atoms with Gasteiger partial charge in [0.15, 0.2) is 0 Å². The zero-order valence-corrected chi connectivity index (χ0v) is 17.0. The second-order valence-electron chi connectivity index (χ2n) is 4.03. The SMILES string of the molecule is CC(S)SCSCSCSC(S)C1C(S)CC1S. The molecule has 108 valence electrons. The summed E-state index contributed by atoms with van der Waals surface area (Å²) in [5, 5.41) is 4.39. The molecule has 4 atom stereocenters. The molecular formula is C10H20S8. The molecule has 4 unspecified atom stereocenters. The van der Waals surface area contributed by atoms with E-state index in [2.05, 4.69) is 57.4 Å². The van der Waals surface area contributed by atoms with Gasteiger partial charge in [0, 0.05) is 36.3 Å². The molecule has 0 aromatic carbocycles. The van der Waals surface area contributed by atoms with E-state index in [1.165, 1.54) is 0 Å². The summed E-state index contributed by atoms with van der Waals surface area (Å²) in [6.07, 6.45) is 1.12. The Balaban J connectivity index is 1.94. The minimum atomic E-state index is 0.382. The Morgan fingerprint density at radius 2 is 1.56 bits per heavy atom. The predicted octanol–water partition coefficient (Wildman–Crippen LogP) is 4.94. The molecule has 0 spiro atoms. The van der Waals surface area contributed by atoms with Crippen LogP contribution in [0.1, 0.15) is 13.3 Å². The van der Waals surface area contributed by atoms with E-state index in [9.17, 15) is 0 Å². The highest BCUT2D eigenvalue weighted by Gasteiger charge is 2.40. The van der Waals surface area contributed by atoms with Gasteiger partial charge in [-0.15, -0.1) is 47.0 Å². The topological polar surface area (TPSA) is 0 Å². The smallest absolute Gasteiger partial charge is 0.0529 e. The van der Waals surface area contributed by atoms with E-state index in [-0.39, 0.29) is 0 Å².